The summed E-state index contributed by atoms with van der Waals surface area (Å²) in [7, 11) is 0. The van der Waals surface area contributed by atoms with E-state index in [4.69, 9.17) is 16.0 Å². The number of carbonyl (C=O) groups is 1. The lowest BCUT2D eigenvalue weighted by atomic mass is 10.1. The molecular weight excluding hydrogens is 276 g/mol. The van der Waals surface area contributed by atoms with Crippen LogP contribution in [0.2, 0.25) is 5.02 Å². The minimum atomic E-state index is -0.178. The highest BCUT2D eigenvalue weighted by Crippen LogP contribution is 2.21. The van der Waals surface area contributed by atoms with Gasteiger partial charge in [-0.05, 0) is 36.8 Å². The zero-order valence-corrected chi connectivity index (χ0v) is 12.0. The molecule has 0 saturated carbocycles. The zero-order chi connectivity index (χ0) is 14.4. The Morgan fingerprint density at radius 2 is 2.20 bits per heavy atom. The van der Waals surface area contributed by atoms with Crippen LogP contribution < -0.4 is 10.6 Å². The Morgan fingerprint density at radius 1 is 1.35 bits per heavy atom. The molecule has 1 heterocycles. The molecule has 0 radical (unpaired) electrons. The molecule has 5 heteroatoms. The number of hydrogen-bond acceptors (Lipinski definition) is 3. The molecule has 0 fully saturated rings. The number of carbonyl (C=O) groups excluding carboxylic acids is 1. The molecule has 0 unspecified atom stereocenters. The number of amides is 1. The first-order valence-corrected chi connectivity index (χ1v) is 6.92. The second kappa shape index (κ2) is 7.01. The molecule has 0 atom stereocenters. The van der Waals surface area contributed by atoms with Gasteiger partial charge in [0.25, 0.3) is 5.91 Å². The van der Waals surface area contributed by atoms with E-state index in [1.165, 1.54) is 0 Å². The van der Waals surface area contributed by atoms with Crippen molar-refractivity contribution in [3.8, 4) is 0 Å². The molecule has 1 aromatic carbocycles. The van der Waals surface area contributed by atoms with E-state index >= 15 is 0 Å². The molecule has 4 nitrogen and oxygen atoms in total. The first kappa shape index (κ1) is 14.5. The summed E-state index contributed by atoms with van der Waals surface area (Å²) in [6.45, 7) is 3.23. The normalized spacial score (nSPS) is 10.3. The van der Waals surface area contributed by atoms with Crippen LogP contribution in [0.1, 0.15) is 29.5 Å². The van der Waals surface area contributed by atoms with E-state index in [9.17, 15) is 4.79 Å². The van der Waals surface area contributed by atoms with E-state index < -0.39 is 0 Å². The first-order chi connectivity index (χ1) is 9.70. The molecule has 0 saturated heterocycles. The van der Waals surface area contributed by atoms with Crippen LogP contribution in [0.4, 0.5) is 5.69 Å². The van der Waals surface area contributed by atoms with Crippen molar-refractivity contribution < 1.29 is 9.21 Å². The van der Waals surface area contributed by atoms with E-state index in [-0.39, 0.29) is 5.91 Å². The van der Waals surface area contributed by atoms with Crippen molar-refractivity contribution in [2.24, 2.45) is 0 Å². The molecule has 1 amide bonds. The molecule has 0 aliphatic heterocycles. The van der Waals surface area contributed by atoms with Gasteiger partial charge in [-0.1, -0.05) is 18.5 Å². The second-order valence-corrected chi connectivity index (χ2v) is 4.82. The molecule has 2 aromatic rings. The fraction of sp³-hybridized carbons (Fsp3) is 0.267. The molecule has 2 rings (SSSR count). The van der Waals surface area contributed by atoms with Gasteiger partial charge in [0, 0.05) is 17.3 Å². The molecule has 0 bridgehead atoms. The lowest BCUT2D eigenvalue weighted by molar-refractivity contribution is 0.0949. The predicted octanol–water partition coefficient (Wildman–Crippen LogP) is 3.68. The van der Waals surface area contributed by atoms with Gasteiger partial charge in [0.05, 0.1) is 18.4 Å². The van der Waals surface area contributed by atoms with Crippen LogP contribution in [0.3, 0.4) is 0 Å². The summed E-state index contributed by atoms with van der Waals surface area (Å²) in [5.41, 5.74) is 1.32. The van der Waals surface area contributed by atoms with Gasteiger partial charge in [-0.3, -0.25) is 4.79 Å². The van der Waals surface area contributed by atoms with Crippen LogP contribution in [-0.4, -0.2) is 12.5 Å². The minimum Gasteiger partial charge on any atom is -0.467 e. The van der Waals surface area contributed by atoms with Gasteiger partial charge in [-0.2, -0.15) is 0 Å². The fourth-order valence-electron chi connectivity index (χ4n) is 1.79. The largest absolute Gasteiger partial charge is 0.467 e. The first-order valence-electron chi connectivity index (χ1n) is 6.54. The van der Waals surface area contributed by atoms with Crippen LogP contribution in [0, 0.1) is 0 Å². The van der Waals surface area contributed by atoms with Gasteiger partial charge in [-0.15, -0.1) is 0 Å². The summed E-state index contributed by atoms with van der Waals surface area (Å²) in [4.78, 5) is 12.2. The van der Waals surface area contributed by atoms with Crippen LogP contribution >= 0.6 is 11.6 Å². The van der Waals surface area contributed by atoms with Crippen molar-refractivity contribution in [1.29, 1.82) is 0 Å². The van der Waals surface area contributed by atoms with Gasteiger partial charge in [-0.25, -0.2) is 0 Å². The number of benzene rings is 1. The lowest BCUT2D eigenvalue weighted by Crippen LogP contribution is -2.23. The Morgan fingerprint density at radius 3 is 2.90 bits per heavy atom. The predicted molar refractivity (Wildman–Crippen MR) is 80.1 cm³/mol. The van der Waals surface area contributed by atoms with E-state index in [1.807, 2.05) is 12.1 Å². The Kier molecular flexibility index (Phi) is 5.07. The van der Waals surface area contributed by atoms with Crippen molar-refractivity contribution >= 4 is 23.2 Å². The molecule has 20 heavy (non-hydrogen) atoms. The maximum atomic E-state index is 12.2. The molecule has 2 N–H and O–H groups in total. The fourth-order valence-corrected chi connectivity index (χ4v) is 1.97. The minimum absolute atomic E-state index is 0.178. The number of nitrogens with one attached hydrogen (secondary N) is 2. The van der Waals surface area contributed by atoms with Crippen LogP contribution in [0.15, 0.2) is 41.0 Å². The van der Waals surface area contributed by atoms with Crippen molar-refractivity contribution in [1.82, 2.24) is 5.32 Å². The lowest BCUT2D eigenvalue weighted by Gasteiger charge is -2.11. The monoisotopic (exact) mass is 292 g/mol. The van der Waals surface area contributed by atoms with Gasteiger partial charge >= 0.3 is 0 Å². The third-order valence-corrected chi connectivity index (χ3v) is 3.03. The maximum Gasteiger partial charge on any atom is 0.253 e. The molecule has 0 spiro atoms. The average Bonchev–Trinajstić information content (AvgIpc) is 2.96. The van der Waals surface area contributed by atoms with Gasteiger partial charge < -0.3 is 15.1 Å². The van der Waals surface area contributed by atoms with Gasteiger partial charge in [0.15, 0.2) is 0 Å². The summed E-state index contributed by atoms with van der Waals surface area (Å²) >= 11 is 5.97. The Balaban J connectivity index is 2.08. The topological polar surface area (TPSA) is 54.3 Å². The van der Waals surface area contributed by atoms with Crippen molar-refractivity contribution in [2.45, 2.75) is 19.9 Å². The summed E-state index contributed by atoms with van der Waals surface area (Å²) < 4.78 is 5.18. The van der Waals surface area contributed by atoms with E-state index in [0.717, 1.165) is 18.7 Å². The SMILES string of the molecule is CCCNc1ccc(Cl)cc1C(=O)NCc1ccco1. The molecule has 1 aromatic heterocycles. The van der Waals surface area contributed by atoms with Gasteiger partial charge in [0.1, 0.15) is 5.76 Å². The number of anilines is 1. The number of rotatable bonds is 6. The van der Waals surface area contributed by atoms with E-state index in [0.29, 0.717) is 22.9 Å². The zero-order valence-electron chi connectivity index (χ0n) is 11.3. The summed E-state index contributed by atoms with van der Waals surface area (Å²) in [5, 5.41) is 6.57. The highest BCUT2D eigenvalue weighted by Gasteiger charge is 2.12. The van der Waals surface area contributed by atoms with Crippen molar-refractivity contribution in [3.05, 3.63) is 52.9 Å². The number of halogens is 1. The van der Waals surface area contributed by atoms with Crippen LogP contribution in [0.5, 0.6) is 0 Å². The van der Waals surface area contributed by atoms with Crippen LogP contribution in [-0.2, 0) is 6.54 Å². The standard InChI is InChI=1S/C15H17ClN2O2/c1-2-7-17-14-6-5-11(16)9-13(14)15(19)18-10-12-4-3-8-20-12/h3-6,8-9,17H,2,7,10H2,1H3,(H,18,19). The van der Waals surface area contributed by atoms with Crippen molar-refractivity contribution in [3.63, 3.8) is 0 Å². The van der Waals surface area contributed by atoms with E-state index in [1.54, 1.807) is 24.5 Å². The molecule has 106 valence electrons. The maximum absolute atomic E-state index is 12.2. The van der Waals surface area contributed by atoms with E-state index in [2.05, 4.69) is 17.6 Å². The Labute approximate surface area is 123 Å². The third kappa shape index (κ3) is 3.78. The van der Waals surface area contributed by atoms with Crippen molar-refractivity contribution in [2.75, 3.05) is 11.9 Å². The Bertz CT molecular complexity index is 567. The average molecular weight is 293 g/mol. The molecular formula is C15H17ClN2O2. The van der Waals surface area contributed by atoms with Crippen LogP contribution in [0.25, 0.3) is 0 Å². The summed E-state index contributed by atoms with van der Waals surface area (Å²) in [6, 6.07) is 8.85. The highest BCUT2D eigenvalue weighted by atomic mass is 35.5. The highest BCUT2D eigenvalue weighted by molar-refractivity contribution is 6.31. The smallest absolute Gasteiger partial charge is 0.253 e. The second-order valence-electron chi connectivity index (χ2n) is 4.38. The number of furan rings is 1. The number of hydrogen-bond donors (Lipinski definition) is 2. The summed E-state index contributed by atoms with van der Waals surface area (Å²) in [6.07, 6.45) is 2.56. The molecule has 0 aliphatic rings. The Hall–Kier alpha value is -1.94. The molecule has 0 aliphatic carbocycles. The third-order valence-electron chi connectivity index (χ3n) is 2.79. The quantitative estimate of drug-likeness (QED) is 0.854. The van der Waals surface area contributed by atoms with Gasteiger partial charge in [0.2, 0.25) is 0 Å². The summed E-state index contributed by atoms with van der Waals surface area (Å²) in [5.74, 6) is 0.533.